The molecular weight excluding hydrogens is 430 g/mol. The predicted octanol–water partition coefficient (Wildman–Crippen LogP) is 4.42. The molecule has 1 saturated carbocycles. The highest BCUT2D eigenvalue weighted by Crippen LogP contribution is 2.42. The number of nitrogens with one attached hydrogen (secondary N) is 1. The molecule has 31 heavy (non-hydrogen) atoms. The molecule has 0 aromatic carbocycles. The largest absolute Gasteiger partial charge is 0.460 e. The Morgan fingerprint density at radius 1 is 1.16 bits per heavy atom. The molecule has 0 aliphatic heterocycles. The van der Waals surface area contributed by atoms with Crippen LogP contribution < -0.4 is 10.1 Å². The summed E-state index contributed by atoms with van der Waals surface area (Å²) in [6, 6.07) is 0.909. The van der Waals surface area contributed by atoms with Crippen LogP contribution in [0, 0.1) is 11.7 Å². The smallest absolute Gasteiger partial charge is 0.427 e. The zero-order valence-electron chi connectivity index (χ0n) is 16.4. The van der Waals surface area contributed by atoms with Crippen LogP contribution >= 0.6 is 0 Å². The van der Waals surface area contributed by atoms with Crippen LogP contribution in [0.25, 0.3) is 11.3 Å². The van der Waals surface area contributed by atoms with Crippen molar-refractivity contribution in [1.29, 1.82) is 0 Å². The van der Waals surface area contributed by atoms with Gasteiger partial charge >= 0.3 is 6.18 Å². The number of anilines is 1. The van der Waals surface area contributed by atoms with Gasteiger partial charge in [-0.15, -0.1) is 0 Å². The van der Waals surface area contributed by atoms with E-state index in [1.54, 1.807) is 0 Å². The Morgan fingerprint density at radius 2 is 1.84 bits per heavy atom. The van der Waals surface area contributed by atoms with E-state index in [-0.39, 0.29) is 29.4 Å². The van der Waals surface area contributed by atoms with Gasteiger partial charge in [-0.2, -0.15) is 13.2 Å². The van der Waals surface area contributed by atoms with E-state index < -0.39 is 48.2 Å². The number of hydrogen-bond acceptors (Lipinski definition) is 6. The summed E-state index contributed by atoms with van der Waals surface area (Å²) in [5, 5.41) is 2.68. The van der Waals surface area contributed by atoms with Gasteiger partial charge in [0.05, 0.1) is 24.6 Å². The van der Waals surface area contributed by atoms with E-state index in [4.69, 9.17) is 0 Å². The molecule has 6 nitrogen and oxygen atoms in total. The van der Waals surface area contributed by atoms with Gasteiger partial charge in [0.1, 0.15) is 5.82 Å². The van der Waals surface area contributed by atoms with Gasteiger partial charge in [-0.25, -0.2) is 23.1 Å². The Labute approximate surface area is 173 Å². The topological polar surface area (TPSA) is 77.0 Å². The fourth-order valence-corrected chi connectivity index (χ4v) is 2.72. The van der Waals surface area contributed by atoms with Crippen molar-refractivity contribution in [2.24, 2.45) is 5.92 Å². The number of carbonyl (C=O) groups excluding carboxylic acids is 1. The molecule has 2 aromatic heterocycles. The normalized spacial score (nSPS) is 16.5. The Kier molecular flexibility index (Phi) is 5.85. The lowest BCUT2D eigenvalue weighted by Gasteiger charge is -2.33. The van der Waals surface area contributed by atoms with Crippen LogP contribution in [0.5, 0.6) is 5.88 Å². The van der Waals surface area contributed by atoms with Crippen LogP contribution in [0.4, 0.5) is 32.2 Å². The lowest BCUT2D eigenvalue weighted by atomic mass is 9.78. The maximum atomic E-state index is 14.2. The second-order valence-corrected chi connectivity index (χ2v) is 7.69. The van der Waals surface area contributed by atoms with Gasteiger partial charge in [-0.1, -0.05) is 0 Å². The number of aromatic nitrogens is 3. The first-order valence-electron chi connectivity index (χ1n) is 9.15. The summed E-state index contributed by atoms with van der Waals surface area (Å²) < 4.78 is 83.2. The number of hydrogen-bond donors (Lipinski definition) is 1. The number of nitrogens with zero attached hydrogens (tertiary/aromatic N) is 3. The third kappa shape index (κ3) is 5.23. The Hall–Kier alpha value is -2.92. The van der Waals surface area contributed by atoms with Crippen molar-refractivity contribution in [2.45, 2.75) is 44.4 Å². The van der Waals surface area contributed by atoms with Crippen molar-refractivity contribution >= 4 is 11.6 Å². The number of pyridine rings is 1. The summed E-state index contributed by atoms with van der Waals surface area (Å²) in [6.07, 6.45) is -2.08. The van der Waals surface area contributed by atoms with Crippen molar-refractivity contribution in [3.05, 3.63) is 30.5 Å². The SMILES string of the molecule is CC(C)(Oc1ncc(-c2cnc(NCC(=O)C3CC(F)(F)C3)cn2)cc1F)C(F)(F)F. The van der Waals surface area contributed by atoms with Gasteiger partial charge in [0.15, 0.2) is 17.2 Å². The number of ketones is 1. The summed E-state index contributed by atoms with van der Waals surface area (Å²) in [7, 11) is 0. The molecule has 0 radical (unpaired) electrons. The molecule has 2 aromatic rings. The molecule has 0 spiro atoms. The minimum atomic E-state index is -4.73. The second kappa shape index (κ2) is 7.97. The van der Waals surface area contributed by atoms with E-state index in [0.717, 1.165) is 26.1 Å². The minimum Gasteiger partial charge on any atom is -0.460 e. The summed E-state index contributed by atoms with van der Waals surface area (Å²) in [5.41, 5.74) is -2.33. The standard InChI is InChI=1S/C19H18F6N4O2/c1-17(2,19(23,24)25)31-16-12(20)3-10(6-29-16)13-7-27-15(9-26-13)28-8-14(30)11-4-18(21,22)5-11/h3,6-7,9,11H,4-5,8H2,1-2H3,(H,27,28). The van der Waals surface area contributed by atoms with Gasteiger partial charge in [-0.05, 0) is 19.9 Å². The van der Waals surface area contributed by atoms with Crippen molar-refractivity contribution in [2.75, 3.05) is 11.9 Å². The lowest BCUT2D eigenvalue weighted by Crippen LogP contribution is -2.45. The molecule has 1 aliphatic rings. The minimum absolute atomic E-state index is 0.140. The quantitative estimate of drug-likeness (QED) is 0.632. The van der Waals surface area contributed by atoms with Crippen molar-refractivity contribution in [3.63, 3.8) is 0 Å². The maximum absolute atomic E-state index is 14.2. The molecule has 168 valence electrons. The molecule has 0 atom stereocenters. The highest BCUT2D eigenvalue weighted by Gasteiger charge is 2.50. The molecule has 0 amide bonds. The molecule has 1 fully saturated rings. The van der Waals surface area contributed by atoms with Crippen LogP contribution in [0.2, 0.25) is 0 Å². The van der Waals surface area contributed by atoms with Crippen LogP contribution in [-0.4, -0.2) is 45.0 Å². The first kappa shape index (κ1) is 22.8. The van der Waals surface area contributed by atoms with E-state index in [1.807, 2.05) is 0 Å². The lowest BCUT2D eigenvalue weighted by molar-refractivity contribution is -0.235. The van der Waals surface area contributed by atoms with Crippen LogP contribution in [0.1, 0.15) is 26.7 Å². The first-order valence-corrected chi connectivity index (χ1v) is 9.15. The third-order valence-corrected chi connectivity index (χ3v) is 4.78. The van der Waals surface area contributed by atoms with Gasteiger partial charge in [0.25, 0.3) is 5.88 Å². The average Bonchev–Trinajstić information content (AvgIpc) is 2.65. The summed E-state index contributed by atoms with van der Waals surface area (Å²) >= 11 is 0. The average molecular weight is 448 g/mol. The molecule has 0 unspecified atom stereocenters. The van der Waals surface area contributed by atoms with Gasteiger partial charge < -0.3 is 10.1 Å². The van der Waals surface area contributed by atoms with E-state index in [0.29, 0.717) is 0 Å². The molecule has 2 heterocycles. The molecule has 1 aliphatic carbocycles. The van der Waals surface area contributed by atoms with E-state index >= 15 is 0 Å². The first-order chi connectivity index (χ1) is 14.3. The number of ether oxygens (including phenoxy) is 1. The monoisotopic (exact) mass is 448 g/mol. The zero-order valence-corrected chi connectivity index (χ0v) is 16.4. The number of Topliss-reactive ketones (excluding diaryl/α,β-unsaturated/α-hetero) is 1. The summed E-state index contributed by atoms with van der Waals surface area (Å²) in [4.78, 5) is 23.5. The molecule has 12 heteroatoms. The summed E-state index contributed by atoms with van der Waals surface area (Å²) in [6.45, 7) is 1.31. The van der Waals surface area contributed by atoms with E-state index in [1.165, 1.54) is 12.4 Å². The molecule has 1 N–H and O–H groups in total. The highest BCUT2D eigenvalue weighted by molar-refractivity contribution is 5.86. The van der Waals surface area contributed by atoms with Gasteiger partial charge in [0.2, 0.25) is 5.92 Å². The Balaban J connectivity index is 1.62. The van der Waals surface area contributed by atoms with Crippen molar-refractivity contribution in [1.82, 2.24) is 15.0 Å². The van der Waals surface area contributed by atoms with E-state index in [2.05, 4.69) is 25.0 Å². The van der Waals surface area contributed by atoms with Crippen molar-refractivity contribution in [3.8, 4) is 17.1 Å². The Morgan fingerprint density at radius 3 is 2.35 bits per heavy atom. The molecule has 3 rings (SSSR count). The predicted molar refractivity (Wildman–Crippen MR) is 97.2 cm³/mol. The number of rotatable bonds is 7. The van der Waals surface area contributed by atoms with E-state index in [9.17, 15) is 31.1 Å². The van der Waals surface area contributed by atoms with Crippen LogP contribution in [-0.2, 0) is 4.79 Å². The fraction of sp³-hybridized carbons (Fsp3) is 0.474. The molecule has 0 saturated heterocycles. The maximum Gasteiger partial charge on any atom is 0.427 e. The van der Waals surface area contributed by atoms with Crippen LogP contribution in [0.15, 0.2) is 24.7 Å². The molecule has 0 bridgehead atoms. The zero-order chi connectivity index (χ0) is 23.0. The Bertz CT molecular complexity index is 955. The van der Waals surface area contributed by atoms with Gasteiger partial charge in [0, 0.05) is 30.5 Å². The second-order valence-electron chi connectivity index (χ2n) is 7.69. The third-order valence-electron chi connectivity index (χ3n) is 4.78. The number of carbonyl (C=O) groups is 1. The number of halogens is 6. The fourth-order valence-electron chi connectivity index (χ4n) is 2.72. The molecular formula is C19H18F6N4O2. The van der Waals surface area contributed by atoms with Crippen LogP contribution in [0.3, 0.4) is 0 Å². The summed E-state index contributed by atoms with van der Waals surface area (Å²) in [5.74, 6) is -5.55. The number of alkyl halides is 5. The van der Waals surface area contributed by atoms with Gasteiger partial charge in [-0.3, -0.25) is 9.78 Å². The van der Waals surface area contributed by atoms with Crippen molar-refractivity contribution < 1.29 is 35.9 Å². The highest BCUT2D eigenvalue weighted by atomic mass is 19.4.